The highest BCUT2D eigenvalue weighted by Gasteiger charge is 2.20. The van der Waals surface area contributed by atoms with E-state index in [2.05, 4.69) is 16.0 Å². The van der Waals surface area contributed by atoms with E-state index in [-0.39, 0.29) is 12.8 Å². The quantitative estimate of drug-likeness (QED) is 0.172. The Morgan fingerprint density at radius 1 is 1.00 bits per heavy atom. The van der Waals surface area contributed by atoms with Gasteiger partial charge in [0.05, 0.1) is 0 Å². The van der Waals surface area contributed by atoms with Crippen molar-refractivity contribution in [2.24, 2.45) is 0 Å². The molecule has 7 heteroatoms. The van der Waals surface area contributed by atoms with Crippen LogP contribution in [0.5, 0.6) is 0 Å². The van der Waals surface area contributed by atoms with Crippen LogP contribution in [0.2, 0.25) is 0 Å². The highest BCUT2D eigenvalue weighted by Crippen LogP contribution is 1.78. The van der Waals surface area contributed by atoms with Crippen LogP contribution in [0.4, 0.5) is 0 Å². The summed E-state index contributed by atoms with van der Waals surface area (Å²) in [6.07, 6.45) is 0.477. The summed E-state index contributed by atoms with van der Waals surface area (Å²) in [7, 11) is 0. The lowest BCUT2D eigenvalue weighted by Gasteiger charge is -2.05. The molecule has 0 aromatic rings. The van der Waals surface area contributed by atoms with E-state index in [1.807, 2.05) is 6.92 Å². The molecule has 0 rings (SSSR count). The van der Waals surface area contributed by atoms with Crippen LogP contribution in [0.25, 0.3) is 0 Å². The summed E-state index contributed by atoms with van der Waals surface area (Å²) in [6.45, 7) is 5.61. The third kappa shape index (κ3) is 7.64. The SMILES string of the molecule is CCNCCNCCCNC(=O)C(=O)C(=O)C=O. The summed E-state index contributed by atoms with van der Waals surface area (Å²) >= 11 is 0. The van der Waals surface area contributed by atoms with Crippen LogP contribution in [-0.2, 0) is 19.2 Å². The summed E-state index contributed by atoms with van der Waals surface area (Å²) in [4.78, 5) is 42.5. The Balaban J connectivity index is 3.49. The van der Waals surface area contributed by atoms with E-state index >= 15 is 0 Å². The van der Waals surface area contributed by atoms with Crippen molar-refractivity contribution in [3.8, 4) is 0 Å². The van der Waals surface area contributed by atoms with Gasteiger partial charge in [0, 0.05) is 19.6 Å². The topological polar surface area (TPSA) is 104 Å². The molecule has 0 saturated heterocycles. The van der Waals surface area contributed by atoms with Crippen molar-refractivity contribution in [3.63, 3.8) is 0 Å². The first-order chi connectivity index (χ1) is 8.63. The maximum atomic E-state index is 11.0. The minimum absolute atomic E-state index is 0.163. The molecule has 0 aliphatic carbocycles. The van der Waals surface area contributed by atoms with Gasteiger partial charge in [0.25, 0.3) is 17.5 Å². The smallest absolute Gasteiger partial charge is 0.296 e. The standard InChI is InChI=1S/C11H19N3O4/c1-2-12-6-7-13-4-3-5-14-11(18)10(17)9(16)8-15/h8,12-13H,2-7H2,1H3,(H,14,18). The van der Waals surface area contributed by atoms with Crippen molar-refractivity contribution in [1.82, 2.24) is 16.0 Å². The van der Waals surface area contributed by atoms with Gasteiger partial charge in [0.1, 0.15) is 0 Å². The maximum absolute atomic E-state index is 11.0. The molecule has 7 nitrogen and oxygen atoms in total. The molecule has 0 aliphatic rings. The Morgan fingerprint density at radius 3 is 2.28 bits per heavy atom. The lowest BCUT2D eigenvalue weighted by molar-refractivity contribution is -0.146. The summed E-state index contributed by atoms with van der Waals surface area (Å²) in [6, 6.07) is 0. The van der Waals surface area contributed by atoms with Gasteiger partial charge in [-0.2, -0.15) is 0 Å². The number of ketones is 2. The van der Waals surface area contributed by atoms with Gasteiger partial charge in [-0.05, 0) is 19.5 Å². The number of aldehydes is 1. The van der Waals surface area contributed by atoms with Crippen LogP contribution in [0.1, 0.15) is 13.3 Å². The first-order valence-corrected chi connectivity index (χ1v) is 5.86. The van der Waals surface area contributed by atoms with Gasteiger partial charge in [-0.3, -0.25) is 19.2 Å². The Hall–Kier alpha value is -1.60. The molecule has 18 heavy (non-hydrogen) atoms. The number of carbonyl (C=O) groups excluding carboxylic acids is 4. The molecule has 0 unspecified atom stereocenters. The molecule has 0 radical (unpaired) electrons. The molecule has 0 aromatic carbocycles. The molecular weight excluding hydrogens is 238 g/mol. The number of Topliss-reactive ketones (excluding diaryl/α,β-unsaturated/α-hetero) is 2. The average molecular weight is 257 g/mol. The molecule has 0 saturated carbocycles. The molecule has 0 heterocycles. The lowest BCUT2D eigenvalue weighted by atomic mass is 10.2. The molecule has 0 spiro atoms. The zero-order valence-corrected chi connectivity index (χ0v) is 10.5. The summed E-state index contributed by atoms with van der Waals surface area (Å²) in [5.74, 6) is -3.67. The fourth-order valence-corrected chi connectivity index (χ4v) is 1.14. The first kappa shape index (κ1) is 16.4. The van der Waals surface area contributed by atoms with Gasteiger partial charge in [-0.15, -0.1) is 0 Å². The van der Waals surface area contributed by atoms with Crippen molar-refractivity contribution in [3.05, 3.63) is 0 Å². The fraction of sp³-hybridized carbons (Fsp3) is 0.636. The number of amides is 1. The zero-order chi connectivity index (χ0) is 13.8. The molecule has 0 atom stereocenters. The first-order valence-electron chi connectivity index (χ1n) is 5.86. The number of hydrogen-bond donors (Lipinski definition) is 3. The average Bonchev–Trinajstić information content (AvgIpc) is 2.39. The van der Waals surface area contributed by atoms with Crippen molar-refractivity contribution in [2.75, 3.05) is 32.7 Å². The summed E-state index contributed by atoms with van der Waals surface area (Å²) in [5.41, 5.74) is 0. The van der Waals surface area contributed by atoms with E-state index < -0.39 is 17.5 Å². The Bertz CT molecular complexity index is 305. The van der Waals surface area contributed by atoms with Gasteiger partial charge in [-0.1, -0.05) is 6.92 Å². The van der Waals surface area contributed by atoms with Crippen LogP contribution in [-0.4, -0.2) is 56.5 Å². The fourth-order valence-electron chi connectivity index (χ4n) is 1.14. The van der Waals surface area contributed by atoms with Crippen molar-refractivity contribution < 1.29 is 19.2 Å². The van der Waals surface area contributed by atoms with E-state index in [1.165, 1.54) is 0 Å². The minimum atomic E-state index is -1.32. The van der Waals surface area contributed by atoms with Gasteiger partial charge in [0.2, 0.25) is 0 Å². The van der Waals surface area contributed by atoms with Crippen molar-refractivity contribution in [2.45, 2.75) is 13.3 Å². The number of nitrogens with one attached hydrogen (secondary N) is 3. The monoisotopic (exact) mass is 257 g/mol. The van der Waals surface area contributed by atoms with Crippen molar-refractivity contribution >= 4 is 23.8 Å². The summed E-state index contributed by atoms with van der Waals surface area (Å²) in [5, 5.41) is 8.55. The molecule has 3 N–H and O–H groups in total. The predicted octanol–water partition coefficient (Wildman–Crippen LogP) is -1.97. The molecule has 0 fully saturated rings. The second kappa shape index (κ2) is 10.5. The molecule has 102 valence electrons. The van der Waals surface area contributed by atoms with Gasteiger partial charge >= 0.3 is 0 Å². The highest BCUT2D eigenvalue weighted by molar-refractivity contribution is 6.74. The molecule has 0 aliphatic heterocycles. The maximum Gasteiger partial charge on any atom is 0.296 e. The zero-order valence-electron chi connectivity index (χ0n) is 10.5. The van der Waals surface area contributed by atoms with Crippen LogP contribution >= 0.6 is 0 Å². The Morgan fingerprint density at radius 2 is 1.67 bits per heavy atom. The van der Waals surface area contributed by atoms with E-state index in [1.54, 1.807) is 0 Å². The van der Waals surface area contributed by atoms with Gasteiger partial charge in [-0.25, -0.2) is 0 Å². The van der Waals surface area contributed by atoms with Crippen LogP contribution < -0.4 is 16.0 Å². The van der Waals surface area contributed by atoms with Gasteiger partial charge < -0.3 is 16.0 Å². The molecular formula is C11H19N3O4. The second-order valence-corrected chi connectivity index (χ2v) is 3.52. The molecule has 0 bridgehead atoms. The van der Waals surface area contributed by atoms with E-state index in [9.17, 15) is 19.2 Å². The largest absolute Gasteiger partial charge is 0.349 e. The molecule has 0 aromatic heterocycles. The van der Waals surface area contributed by atoms with Crippen LogP contribution in [0.15, 0.2) is 0 Å². The van der Waals surface area contributed by atoms with E-state index in [0.29, 0.717) is 13.0 Å². The van der Waals surface area contributed by atoms with Gasteiger partial charge in [0.15, 0.2) is 6.29 Å². The lowest BCUT2D eigenvalue weighted by Crippen LogP contribution is -2.37. The number of likely N-dealkylation sites (N-methyl/N-ethyl adjacent to an activating group) is 1. The third-order valence-corrected chi connectivity index (χ3v) is 2.08. The summed E-state index contributed by atoms with van der Waals surface area (Å²) < 4.78 is 0. The Labute approximate surface area is 106 Å². The predicted molar refractivity (Wildman–Crippen MR) is 65.1 cm³/mol. The number of hydrogen-bond acceptors (Lipinski definition) is 6. The van der Waals surface area contributed by atoms with E-state index in [4.69, 9.17) is 0 Å². The Kier molecular flexibility index (Phi) is 9.61. The van der Waals surface area contributed by atoms with E-state index in [0.717, 1.165) is 19.6 Å². The number of rotatable bonds is 11. The van der Waals surface area contributed by atoms with Crippen LogP contribution in [0, 0.1) is 0 Å². The molecule has 1 amide bonds. The highest BCUT2D eigenvalue weighted by atomic mass is 16.2. The normalized spacial score (nSPS) is 9.83. The minimum Gasteiger partial charge on any atom is -0.349 e. The second-order valence-electron chi connectivity index (χ2n) is 3.52. The van der Waals surface area contributed by atoms with Crippen LogP contribution in [0.3, 0.4) is 0 Å². The third-order valence-electron chi connectivity index (χ3n) is 2.08. The van der Waals surface area contributed by atoms with Crippen molar-refractivity contribution in [1.29, 1.82) is 0 Å². The number of carbonyl (C=O) groups is 4.